The van der Waals surface area contributed by atoms with Crippen LogP contribution in [0.15, 0.2) is 24.3 Å². The Balaban J connectivity index is -0.00000234. The van der Waals surface area contributed by atoms with E-state index in [4.69, 9.17) is 34.2 Å². The molecule has 24 heteroatoms. The van der Waals surface area contributed by atoms with Crippen LogP contribution < -0.4 is 16.4 Å². The topological polar surface area (TPSA) is 194 Å². The first-order valence-corrected chi connectivity index (χ1v) is 22.5. The number of nitrogens with zero attached hydrogens (tertiary/aromatic N) is 1. The van der Waals surface area contributed by atoms with E-state index in [1.54, 1.807) is 41.5 Å². The first-order chi connectivity index (χ1) is 29.4. The number of unbranched alkanes of at least 4 members (excludes halogenated alkanes) is 1. The summed E-state index contributed by atoms with van der Waals surface area (Å²) in [5.41, 5.74) is 3.08. The van der Waals surface area contributed by atoms with Crippen LogP contribution in [0.3, 0.4) is 0 Å². The number of carbonyl (C=O) groups is 5. The SMILES string of the molecule is C=C(C)C(F)(F)F.C=C(C)C(F)(F)F.CN(C)CCCCC(N)C(=O)NCCOCCOCCNC(=O)COCC(COC(=O)C(C)(C)Br)(COC(=O)C(C)(C)Br)COC(=O)C(C)(C)Br. The van der Waals surface area contributed by atoms with Gasteiger partial charge in [-0.3, -0.25) is 24.0 Å². The third-order valence-corrected chi connectivity index (χ3v) is 8.76. The molecule has 0 radical (unpaired) electrons. The minimum atomic E-state index is -4.19. The summed E-state index contributed by atoms with van der Waals surface area (Å²) >= 11 is 9.77. The minimum absolute atomic E-state index is 0.198. The van der Waals surface area contributed by atoms with Crippen LogP contribution in [0.2, 0.25) is 0 Å². The summed E-state index contributed by atoms with van der Waals surface area (Å²) in [6, 6.07) is -0.539. The summed E-state index contributed by atoms with van der Waals surface area (Å²) in [5.74, 6) is -2.48. The van der Waals surface area contributed by atoms with Crippen molar-refractivity contribution < 1.29 is 78.7 Å². The van der Waals surface area contributed by atoms with Gasteiger partial charge < -0.3 is 49.7 Å². The molecule has 4 N–H and O–H groups in total. The smallest absolute Gasteiger partial charge is 0.411 e. The predicted octanol–water partition coefficient (Wildman–Crippen LogP) is 6.71. The van der Waals surface area contributed by atoms with Crippen LogP contribution in [-0.2, 0) is 52.4 Å². The van der Waals surface area contributed by atoms with Gasteiger partial charge in [-0.15, -0.1) is 0 Å². The maximum absolute atomic E-state index is 12.6. The predicted molar refractivity (Wildman–Crippen MR) is 245 cm³/mol. The van der Waals surface area contributed by atoms with Crippen molar-refractivity contribution >= 4 is 77.5 Å². The first kappa shape index (κ1) is 66.9. The van der Waals surface area contributed by atoms with E-state index >= 15 is 0 Å². The number of hydrogen-bond donors (Lipinski definition) is 3. The van der Waals surface area contributed by atoms with E-state index in [-0.39, 0.29) is 58.7 Å². The molecule has 1 unspecified atom stereocenters. The number of hydrogen-bond acceptors (Lipinski definition) is 13. The largest absolute Gasteiger partial charge is 0.464 e. The number of nitrogens with two attached hydrogens (primary N) is 1. The van der Waals surface area contributed by atoms with Crippen molar-refractivity contribution in [3.63, 3.8) is 0 Å². The highest BCUT2D eigenvalue weighted by Crippen LogP contribution is 2.28. The lowest BCUT2D eigenvalue weighted by molar-refractivity contribution is -0.170. The van der Waals surface area contributed by atoms with Gasteiger partial charge in [-0.05, 0) is 88.9 Å². The number of amides is 2. The quantitative estimate of drug-likeness (QED) is 0.0187. The average molecular weight is 1150 g/mol. The molecule has 0 aliphatic heterocycles. The highest BCUT2D eigenvalue weighted by Gasteiger charge is 2.41. The fraction of sp³-hybridized carbons (Fsp3) is 0.780. The summed E-state index contributed by atoms with van der Waals surface area (Å²) in [5, 5.41) is 5.43. The summed E-state index contributed by atoms with van der Waals surface area (Å²) < 4.78 is 96.6. The molecule has 0 spiro atoms. The first-order valence-electron chi connectivity index (χ1n) is 20.1. The van der Waals surface area contributed by atoms with Crippen LogP contribution in [0.25, 0.3) is 0 Å². The van der Waals surface area contributed by atoms with E-state index in [9.17, 15) is 50.3 Å². The van der Waals surface area contributed by atoms with Gasteiger partial charge in [0.25, 0.3) is 0 Å². The highest BCUT2D eigenvalue weighted by atomic mass is 79.9. The molecule has 15 nitrogen and oxygen atoms in total. The van der Waals surface area contributed by atoms with Crippen LogP contribution in [0.1, 0.15) is 74.7 Å². The molecule has 382 valence electrons. The summed E-state index contributed by atoms with van der Waals surface area (Å²) in [6.45, 7) is 17.8. The molecular weight excluding hydrogens is 1080 g/mol. The summed E-state index contributed by atoms with van der Waals surface area (Å²) in [7, 11) is 4.01. The fourth-order valence-electron chi connectivity index (χ4n) is 3.72. The van der Waals surface area contributed by atoms with E-state index < -0.39 is 71.7 Å². The van der Waals surface area contributed by atoms with Gasteiger partial charge in [-0.25, -0.2) is 0 Å². The molecule has 0 fully saturated rings. The molecule has 0 bridgehead atoms. The molecule has 0 aromatic rings. The molecule has 65 heavy (non-hydrogen) atoms. The van der Waals surface area contributed by atoms with Crippen LogP contribution in [0.5, 0.6) is 0 Å². The number of ether oxygens (including phenoxy) is 6. The molecule has 0 saturated heterocycles. The van der Waals surface area contributed by atoms with Crippen molar-refractivity contribution in [2.45, 2.75) is 106 Å². The van der Waals surface area contributed by atoms with Gasteiger partial charge in [0.15, 0.2) is 0 Å². The van der Waals surface area contributed by atoms with E-state index in [0.717, 1.165) is 33.2 Å². The molecule has 0 aliphatic carbocycles. The number of rotatable bonds is 28. The third-order valence-electron chi connectivity index (χ3n) is 7.79. The summed E-state index contributed by atoms with van der Waals surface area (Å²) in [6.07, 6.45) is -5.89. The molecule has 0 aliphatic rings. The van der Waals surface area contributed by atoms with Gasteiger partial charge >= 0.3 is 30.3 Å². The van der Waals surface area contributed by atoms with E-state index in [1.807, 2.05) is 14.1 Å². The van der Waals surface area contributed by atoms with Crippen molar-refractivity contribution in [2.24, 2.45) is 11.1 Å². The number of esters is 3. The normalized spacial score (nSPS) is 12.7. The van der Waals surface area contributed by atoms with Crippen LogP contribution in [0.4, 0.5) is 26.3 Å². The fourth-order valence-corrected chi connectivity index (χ4v) is 4.06. The maximum Gasteiger partial charge on any atom is 0.411 e. The van der Waals surface area contributed by atoms with Gasteiger partial charge in [0, 0.05) is 24.2 Å². The van der Waals surface area contributed by atoms with Gasteiger partial charge in [0.2, 0.25) is 11.8 Å². The number of alkyl halides is 9. The van der Waals surface area contributed by atoms with Gasteiger partial charge in [-0.2, -0.15) is 26.3 Å². The Morgan fingerprint density at radius 2 is 0.969 bits per heavy atom. The Morgan fingerprint density at radius 1 is 0.615 bits per heavy atom. The molecule has 0 saturated carbocycles. The molecule has 2 amide bonds. The Labute approximate surface area is 404 Å². The number of halogens is 9. The van der Waals surface area contributed by atoms with Crippen molar-refractivity contribution in [2.75, 3.05) is 93.2 Å². The maximum atomic E-state index is 12.6. The molecule has 0 heterocycles. The Hall–Kier alpha value is -2.35. The summed E-state index contributed by atoms with van der Waals surface area (Å²) in [4.78, 5) is 64.5. The Morgan fingerprint density at radius 3 is 1.29 bits per heavy atom. The van der Waals surface area contributed by atoms with E-state index in [1.165, 1.54) is 0 Å². The van der Waals surface area contributed by atoms with Crippen LogP contribution in [-0.4, -0.2) is 159 Å². The van der Waals surface area contributed by atoms with Crippen LogP contribution >= 0.6 is 47.8 Å². The van der Waals surface area contributed by atoms with Crippen molar-refractivity contribution in [1.82, 2.24) is 15.5 Å². The number of carbonyl (C=O) groups excluding carboxylic acids is 5. The van der Waals surface area contributed by atoms with Gasteiger partial charge in [-0.1, -0.05) is 67.4 Å². The van der Waals surface area contributed by atoms with E-state index in [0.29, 0.717) is 26.2 Å². The third kappa shape index (κ3) is 37.3. The Bertz CT molecular complexity index is 1370. The molecule has 0 aromatic heterocycles. The molecular formula is C41H69Br3F6N4O11. The minimum Gasteiger partial charge on any atom is -0.464 e. The second-order valence-corrected chi connectivity index (χ2v) is 22.4. The van der Waals surface area contributed by atoms with Gasteiger partial charge in [0.05, 0.1) is 44.5 Å². The molecule has 0 rings (SSSR count). The van der Waals surface area contributed by atoms with Crippen molar-refractivity contribution in [3.05, 3.63) is 24.3 Å². The number of nitrogens with one attached hydrogen (secondary N) is 2. The highest BCUT2D eigenvalue weighted by molar-refractivity contribution is 9.10. The Kier molecular flexibility index (Phi) is 33.4. The van der Waals surface area contributed by atoms with Crippen LogP contribution in [0, 0.1) is 5.41 Å². The second kappa shape index (κ2) is 32.4. The van der Waals surface area contributed by atoms with Crippen molar-refractivity contribution in [3.8, 4) is 0 Å². The standard InChI is InChI=1S/C33H59Br3N4O11.2C4H5F3/c1-30(2,34)27(43)49-21-33(22-50-28(44)31(3,4)35,23-51-29(45)32(5,6)36)20-48-19-25(41)38-12-15-46-17-18-47-16-13-39-26(42)24(37)11-9-10-14-40(7)8;2*1-3(2)4(5,6)7/h24H,9-23,37H2,1-8H3,(H,38,41)(H,39,42);2*1H2,2H3. The lowest BCUT2D eigenvalue weighted by atomic mass is 9.92. The van der Waals surface area contributed by atoms with Crippen molar-refractivity contribution in [1.29, 1.82) is 0 Å². The zero-order valence-electron chi connectivity index (χ0n) is 39.0. The molecule has 1 atom stereocenters. The number of allylic oxidation sites excluding steroid dienone is 2. The van der Waals surface area contributed by atoms with Gasteiger partial charge in [0.1, 0.15) is 39.4 Å². The zero-order valence-corrected chi connectivity index (χ0v) is 43.8. The molecule has 0 aromatic carbocycles. The average Bonchev–Trinajstić information content (AvgIpc) is 3.15. The lowest BCUT2D eigenvalue weighted by Gasteiger charge is -2.34. The second-order valence-electron chi connectivity index (χ2n) is 16.5. The zero-order chi connectivity index (χ0) is 51.5. The lowest BCUT2D eigenvalue weighted by Crippen LogP contribution is -2.47. The van der Waals surface area contributed by atoms with E-state index in [2.05, 4.69) is 76.5 Å². The monoisotopic (exact) mass is 1140 g/mol.